The summed E-state index contributed by atoms with van der Waals surface area (Å²) >= 11 is 1.42. The minimum absolute atomic E-state index is 0.0527. The lowest BCUT2D eigenvalue weighted by atomic mass is 9.97. The van der Waals surface area contributed by atoms with Gasteiger partial charge < -0.3 is 10.6 Å². The first kappa shape index (κ1) is 19.6. The molecule has 0 radical (unpaired) electrons. The summed E-state index contributed by atoms with van der Waals surface area (Å²) in [6.07, 6.45) is 10.1. The highest BCUT2D eigenvalue weighted by Crippen LogP contribution is 2.23. The quantitative estimate of drug-likeness (QED) is 0.572. The summed E-state index contributed by atoms with van der Waals surface area (Å²) in [7, 11) is 0. The van der Waals surface area contributed by atoms with E-state index >= 15 is 0 Å². The average molecular weight is 361 g/mol. The lowest BCUT2D eigenvalue weighted by Gasteiger charge is -2.21. The Balaban J connectivity index is 1.86. The maximum atomic E-state index is 12.3. The van der Waals surface area contributed by atoms with E-state index in [1.165, 1.54) is 43.9 Å². The van der Waals surface area contributed by atoms with Crippen molar-refractivity contribution in [1.29, 1.82) is 0 Å². The zero-order chi connectivity index (χ0) is 17.9. The normalized spacial score (nSPS) is 15.7. The lowest BCUT2D eigenvalue weighted by Crippen LogP contribution is -2.36. The first-order valence-corrected chi connectivity index (χ1v) is 10.1. The number of hydrogen-bond acceptors (Lipinski definition) is 3. The first-order chi connectivity index (χ1) is 12.2. The smallest absolute Gasteiger partial charge is 0.252 e. The highest BCUT2D eigenvalue weighted by molar-refractivity contribution is 8.00. The summed E-state index contributed by atoms with van der Waals surface area (Å²) in [6, 6.07) is 7.70. The Morgan fingerprint density at radius 3 is 2.52 bits per heavy atom. The third-order valence-electron chi connectivity index (χ3n) is 4.37. The van der Waals surface area contributed by atoms with Gasteiger partial charge in [0.25, 0.3) is 5.91 Å². The zero-order valence-electron chi connectivity index (χ0n) is 14.8. The Hall–Kier alpha value is -1.75. The number of rotatable bonds is 7. The fourth-order valence-corrected chi connectivity index (χ4v) is 3.91. The molecule has 136 valence electrons. The predicted molar refractivity (Wildman–Crippen MR) is 104 cm³/mol. The van der Waals surface area contributed by atoms with Gasteiger partial charge in [0.1, 0.15) is 0 Å². The highest BCUT2D eigenvalue weighted by atomic mass is 32.2. The molecule has 1 aliphatic carbocycles. The fraction of sp³-hybridized carbons (Fsp3) is 0.500. The lowest BCUT2D eigenvalue weighted by molar-refractivity contribution is -0.119. The summed E-state index contributed by atoms with van der Waals surface area (Å²) in [5, 5.41) is 5.95. The van der Waals surface area contributed by atoms with E-state index in [2.05, 4.69) is 17.2 Å². The molecule has 1 fully saturated rings. The van der Waals surface area contributed by atoms with E-state index < -0.39 is 0 Å². The van der Waals surface area contributed by atoms with E-state index in [4.69, 9.17) is 0 Å². The van der Waals surface area contributed by atoms with Crippen LogP contribution in [-0.4, -0.2) is 30.2 Å². The molecule has 5 heteroatoms. The van der Waals surface area contributed by atoms with Crippen molar-refractivity contribution in [2.75, 3.05) is 12.3 Å². The van der Waals surface area contributed by atoms with Crippen LogP contribution in [0.1, 0.15) is 55.3 Å². The molecule has 2 amide bonds. The predicted octanol–water partition coefficient (Wildman–Crippen LogP) is 3.92. The molecule has 4 nitrogen and oxygen atoms in total. The molecule has 1 saturated carbocycles. The van der Waals surface area contributed by atoms with Gasteiger partial charge >= 0.3 is 0 Å². The average Bonchev–Trinajstić information content (AvgIpc) is 2.60. The Kier molecular flexibility index (Phi) is 8.60. The van der Waals surface area contributed by atoms with Crippen LogP contribution in [0.25, 0.3) is 0 Å². The molecule has 0 atom stereocenters. The largest absolute Gasteiger partial charge is 0.353 e. The second-order valence-corrected chi connectivity index (χ2v) is 7.41. The number of hydrogen-bond donors (Lipinski definition) is 2. The van der Waals surface area contributed by atoms with Gasteiger partial charge in [-0.15, -0.1) is 18.3 Å². The van der Waals surface area contributed by atoms with Gasteiger partial charge in [-0.25, -0.2) is 0 Å². The Labute approximate surface area is 154 Å². The van der Waals surface area contributed by atoms with Crippen molar-refractivity contribution in [2.45, 2.75) is 55.9 Å². The van der Waals surface area contributed by atoms with E-state index in [9.17, 15) is 9.59 Å². The molecule has 0 bridgehead atoms. The molecule has 0 spiro atoms. The van der Waals surface area contributed by atoms with Gasteiger partial charge in [0.05, 0.1) is 11.3 Å². The number of amides is 2. The summed E-state index contributed by atoms with van der Waals surface area (Å²) in [5.74, 6) is 0.253. The SMILES string of the molecule is C=CCNC(=O)c1ccccc1SCC(=O)NC1CCCCCCC1. The molecule has 1 aromatic carbocycles. The van der Waals surface area contributed by atoms with E-state index in [0.29, 0.717) is 23.9 Å². The van der Waals surface area contributed by atoms with Gasteiger partial charge in [-0.1, -0.05) is 50.3 Å². The van der Waals surface area contributed by atoms with Crippen molar-refractivity contribution < 1.29 is 9.59 Å². The molecule has 1 aliphatic rings. The maximum Gasteiger partial charge on any atom is 0.252 e. The molecular formula is C20H28N2O2S. The maximum absolute atomic E-state index is 12.3. The number of thioether (sulfide) groups is 1. The molecule has 1 aromatic rings. The minimum Gasteiger partial charge on any atom is -0.353 e. The van der Waals surface area contributed by atoms with Gasteiger partial charge in [0.2, 0.25) is 5.91 Å². The van der Waals surface area contributed by atoms with Crippen LogP contribution in [-0.2, 0) is 4.79 Å². The number of carbonyl (C=O) groups excluding carboxylic acids is 2. The van der Waals surface area contributed by atoms with E-state index in [1.54, 1.807) is 12.1 Å². The van der Waals surface area contributed by atoms with Crippen molar-refractivity contribution in [3.8, 4) is 0 Å². The van der Waals surface area contributed by atoms with Crippen molar-refractivity contribution >= 4 is 23.6 Å². The van der Waals surface area contributed by atoms with Crippen molar-refractivity contribution in [3.63, 3.8) is 0 Å². The summed E-state index contributed by atoms with van der Waals surface area (Å²) in [6.45, 7) is 4.03. The highest BCUT2D eigenvalue weighted by Gasteiger charge is 2.16. The third-order valence-corrected chi connectivity index (χ3v) is 5.44. The molecule has 0 aromatic heterocycles. The molecule has 25 heavy (non-hydrogen) atoms. The van der Waals surface area contributed by atoms with Crippen molar-refractivity contribution in [2.24, 2.45) is 0 Å². The van der Waals surface area contributed by atoms with E-state index in [1.807, 2.05) is 18.2 Å². The van der Waals surface area contributed by atoms with Gasteiger partial charge in [-0.2, -0.15) is 0 Å². The number of nitrogens with one attached hydrogen (secondary N) is 2. The van der Waals surface area contributed by atoms with E-state index in [-0.39, 0.29) is 11.8 Å². The van der Waals surface area contributed by atoms with Gasteiger partial charge in [0.15, 0.2) is 0 Å². The van der Waals surface area contributed by atoms with Crippen molar-refractivity contribution in [1.82, 2.24) is 10.6 Å². The fourth-order valence-electron chi connectivity index (χ4n) is 3.05. The molecule has 0 unspecified atom stereocenters. The summed E-state index contributed by atoms with van der Waals surface area (Å²) < 4.78 is 0. The number of carbonyl (C=O) groups is 2. The van der Waals surface area contributed by atoms with Crippen LogP contribution in [0.5, 0.6) is 0 Å². The summed E-state index contributed by atoms with van der Waals surface area (Å²) in [5.41, 5.74) is 0.605. The Morgan fingerprint density at radius 2 is 1.80 bits per heavy atom. The van der Waals surface area contributed by atoms with Gasteiger partial charge in [-0.05, 0) is 25.0 Å². The third kappa shape index (κ3) is 6.94. The molecule has 0 saturated heterocycles. The number of benzene rings is 1. The topological polar surface area (TPSA) is 58.2 Å². The van der Waals surface area contributed by atoms with Gasteiger partial charge in [-0.3, -0.25) is 9.59 Å². The van der Waals surface area contributed by atoms with Crippen LogP contribution in [0.4, 0.5) is 0 Å². The monoisotopic (exact) mass is 360 g/mol. The summed E-state index contributed by atoms with van der Waals surface area (Å²) in [4.78, 5) is 25.3. The van der Waals surface area contributed by atoms with Crippen LogP contribution in [0.15, 0.2) is 41.8 Å². The van der Waals surface area contributed by atoms with Gasteiger partial charge in [0, 0.05) is 17.5 Å². The second-order valence-electron chi connectivity index (χ2n) is 6.39. The van der Waals surface area contributed by atoms with Crippen LogP contribution in [0.2, 0.25) is 0 Å². The molecule has 2 N–H and O–H groups in total. The Morgan fingerprint density at radius 1 is 1.12 bits per heavy atom. The zero-order valence-corrected chi connectivity index (χ0v) is 15.6. The second kappa shape index (κ2) is 11.0. The molecule has 0 aliphatic heterocycles. The van der Waals surface area contributed by atoms with Crippen molar-refractivity contribution in [3.05, 3.63) is 42.5 Å². The van der Waals surface area contributed by atoms with Crippen LogP contribution < -0.4 is 10.6 Å². The molecule has 0 heterocycles. The van der Waals surface area contributed by atoms with E-state index in [0.717, 1.165) is 17.7 Å². The van der Waals surface area contributed by atoms with Crippen LogP contribution in [0, 0.1) is 0 Å². The Bertz CT molecular complexity index is 581. The molecule has 2 rings (SSSR count). The van der Waals surface area contributed by atoms with Crippen LogP contribution in [0.3, 0.4) is 0 Å². The minimum atomic E-state index is -0.136. The standard InChI is InChI=1S/C20H28N2O2S/c1-2-14-21-20(24)17-12-8-9-13-18(17)25-15-19(23)22-16-10-6-4-3-5-7-11-16/h2,8-9,12-13,16H,1,3-7,10-11,14-15H2,(H,21,24)(H,22,23). The first-order valence-electron chi connectivity index (χ1n) is 9.11. The molecular weight excluding hydrogens is 332 g/mol. The van der Waals surface area contributed by atoms with Crippen LogP contribution >= 0.6 is 11.8 Å².